The summed E-state index contributed by atoms with van der Waals surface area (Å²) >= 11 is 1.35. The van der Waals surface area contributed by atoms with Crippen LogP contribution in [0.5, 0.6) is 0 Å². The van der Waals surface area contributed by atoms with Crippen LogP contribution in [-0.4, -0.2) is 19.9 Å². The Hall–Kier alpha value is -1.44. The first-order valence-electron chi connectivity index (χ1n) is 6.15. The number of nitrogens with zero attached hydrogens (tertiary/aromatic N) is 1. The number of nitrogens with two attached hydrogens (primary N) is 1. The summed E-state index contributed by atoms with van der Waals surface area (Å²) in [7, 11) is -3.47. The SMILES string of the molecule is Cc1ccc(S(=O)(=O)NCCc2csc(N)n2)cc1C. The van der Waals surface area contributed by atoms with Gasteiger partial charge in [-0.3, -0.25) is 0 Å². The lowest BCUT2D eigenvalue weighted by molar-refractivity contribution is 0.581. The average Bonchev–Trinajstić information content (AvgIpc) is 2.78. The molecule has 2 aromatic rings. The van der Waals surface area contributed by atoms with Gasteiger partial charge in [0, 0.05) is 18.3 Å². The van der Waals surface area contributed by atoms with Crippen LogP contribution in [0.2, 0.25) is 0 Å². The fourth-order valence-electron chi connectivity index (χ4n) is 1.72. The zero-order valence-corrected chi connectivity index (χ0v) is 13.0. The van der Waals surface area contributed by atoms with Gasteiger partial charge in [0.05, 0.1) is 10.6 Å². The molecule has 0 aliphatic rings. The van der Waals surface area contributed by atoms with E-state index in [0.29, 0.717) is 23.0 Å². The number of anilines is 1. The predicted octanol–water partition coefficient (Wildman–Crippen LogP) is 1.86. The maximum atomic E-state index is 12.1. The maximum Gasteiger partial charge on any atom is 0.240 e. The topological polar surface area (TPSA) is 85.1 Å². The first-order valence-corrected chi connectivity index (χ1v) is 8.51. The quantitative estimate of drug-likeness (QED) is 0.882. The maximum absolute atomic E-state index is 12.1. The minimum Gasteiger partial charge on any atom is -0.375 e. The van der Waals surface area contributed by atoms with Crippen LogP contribution in [0.3, 0.4) is 0 Å². The highest BCUT2D eigenvalue weighted by molar-refractivity contribution is 7.89. The molecule has 0 saturated heterocycles. The molecular formula is C13H17N3O2S2. The second-order valence-electron chi connectivity index (χ2n) is 4.57. The molecule has 0 atom stereocenters. The molecule has 0 aliphatic carbocycles. The van der Waals surface area contributed by atoms with Gasteiger partial charge in [-0.25, -0.2) is 18.1 Å². The lowest BCUT2D eigenvalue weighted by Crippen LogP contribution is -2.26. The van der Waals surface area contributed by atoms with Gasteiger partial charge in [-0.1, -0.05) is 6.07 Å². The first kappa shape index (κ1) is 15.0. The summed E-state index contributed by atoms with van der Waals surface area (Å²) < 4.78 is 26.9. The summed E-state index contributed by atoms with van der Waals surface area (Å²) in [6.07, 6.45) is 0.526. The Labute approximate surface area is 122 Å². The number of nitrogens with one attached hydrogen (secondary N) is 1. The molecule has 0 fully saturated rings. The molecule has 1 aromatic carbocycles. The Kier molecular flexibility index (Phi) is 4.42. The third kappa shape index (κ3) is 3.56. The lowest BCUT2D eigenvalue weighted by atomic mass is 10.1. The van der Waals surface area contributed by atoms with Crippen molar-refractivity contribution >= 4 is 26.5 Å². The van der Waals surface area contributed by atoms with Gasteiger partial charge in [0.2, 0.25) is 10.0 Å². The second-order valence-corrected chi connectivity index (χ2v) is 7.23. The van der Waals surface area contributed by atoms with Crippen molar-refractivity contribution in [3.05, 3.63) is 40.4 Å². The third-order valence-electron chi connectivity index (χ3n) is 3.03. The Morgan fingerprint density at radius 1 is 1.30 bits per heavy atom. The van der Waals surface area contributed by atoms with Gasteiger partial charge in [0.1, 0.15) is 0 Å². The molecule has 1 aromatic heterocycles. The van der Waals surface area contributed by atoms with Crippen molar-refractivity contribution in [1.82, 2.24) is 9.71 Å². The summed E-state index contributed by atoms with van der Waals surface area (Å²) in [4.78, 5) is 4.38. The van der Waals surface area contributed by atoms with Crippen molar-refractivity contribution in [3.8, 4) is 0 Å². The number of thiazole rings is 1. The van der Waals surface area contributed by atoms with Gasteiger partial charge < -0.3 is 5.73 Å². The van der Waals surface area contributed by atoms with Gasteiger partial charge in [-0.2, -0.15) is 0 Å². The standard InChI is InChI=1S/C13H17N3O2S2/c1-9-3-4-12(7-10(9)2)20(17,18)15-6-5-11-8-19-13(14)16-11/h3-4,7-8,15H,5-6H2,1-2H3,(H2,14,16). The highest BCUT2D eigenvalue weighted by atomic mass is 32.2. The largest absolute Gasteiger partial charge is 0.375 e. The summed E-state index contributed by atoms with van der Waals surface area (Å²) in [5.41, 5.74) is 8.36. The molecule has 108 valence electrons. The van der Waals surface area contributed by atoms with Crippen LogP contribution in [0.4, 0.5) is 5.13 Å². The fourth-order valence-corrected chi connectivity index (χ4v) is 3.43. The van der Waals surface area contributed by atoms with E-state index in [2.05, 4.69) is 9.71 Å². The number of nitrogen functional groups attached to an aromatic ring is 1. The van der Waals surface area contributed by atoms with Crippen molar-refractivity contribution in [3.63, 3.8) is 0 Å². The van der Waals surface area contributed by atoms with Gasteiger partial charge in [-0.15, -0.1) is 11.3 Å². The van der Waals surface area contributed by atoms with E-state index in [9.17, 15) is 8.42 Å². The number of rotatable bonds is 5. The third-order valence-corrected chi connectivity index (χ3v) is 5.21. The van der Waals surface area contributed by atoms with Crippen LogP contribution < -0.4 is 10.5 Å². The van der Waals surface area contributed by atoms with Crippen LogP contribution in [0.15, 0.2) is 28.5 Å². The average molecular weight is 311 g/mol. The number of aromatic nitrogens is 1. The summed E-state index contributed by atoms with van der Waals surface area (Å²) in [6.45, 7) is 4.15. The van der Waals surface area contributed by atoms with Crippen LogP contribution in [0.25, 0.3) is 0 Å². The molecule has 0 radical (unpaired) electrons. The Balaban J connectivity index is 2.02. The highest BCUT2D eigenvalue weighted by Gasteiger charge is 2.14. The van der Waals surface area contributed by atoms with E-state index in [4.69, 9.17) is 5.73 Å². The zero-order chi connectivity index (χ0) is 14.8. The molecule has 2 rings (SSSR count). The molecule has 20 heavy (non-hydrogen) atoms. The molecule has 7 heteroatoms. The molecule has 0 bridgehead atoms. The van der Waals surface area contributed by atoms with Crippen molar-refractivity contribution in [1.29, 1.82) is 0 Å². The van der Waals surface area contributed by atoms with Crippen molar-refractivity contribution < 1.29 is 8.42 Å². The lowest BCUT2D eigenvalue weighted by Gasteiger charge is -2.08. The highest BCUT2D eigenvalue weighted by Crippen LogP contribution is 2.15. The van der Waals surface area contributed by atoms with Crippen LogP contribution in [-0.2, 0) is 16.4 Å². The van der Waals surface area contributed by atoms with Gasteiger partial charge in [0.25, 0.3) is 0 Å². The molecule has 0 spiro atoms. The molecular weight excluding hydrogens is 294 g/mol. The van der Waals surface area contributed by atoms with Crippen molar-refractivity contribution in [2.45, 2.75) is 25.2 Å². The second kappa shape index (κ2) is 5.90. The minimum absolute atomic E-state index is 0.290. The van der Waals surface area contributed by atoms with Crippen LogP contribution >= 0.6 is 11.3 Å². The number of benzene rings is 1. The first-order chi connectivity index (χ1) is 9.38. The summed E-state index contributed by atoms with van der Waals surface area (Å²) in [6, 6.07) is 5.11. The van der Waals surface area contributed by atoms with E-state index in [1.807, 2.05) is 25.3 Å². The van der Waals surface area contributed by atoms with Gasteiger partial charge >= 0.3 is 0 Å². The fraction of sp³-hybridized carbons (Fsp3) is 0.308. The van der Waals surface area contributed by atoms with Gasteiger partial charge in [-0.05, 0) is 37.1 Å². The molecule has 0 aliphatic heterocycles. The Bertz CT molecular complexity index is 708. The van der Waals surface area contributed by atoms with Crippen molar-refractivity contribution in [2.24, 2.45) is 0 Å². The van der Waals surface area contributed by atoms with Crippen LogP contribution in [0.1, 0.15) is 16.8 Å². The molecule has 0 amide bonds. The predicted molar refractivity (Wildman–Crippen MR) is 81.3 cm³/mol. The van der Waals surface area contributed by atoms with E-state index in [1.54, 1.807) is 12.1 Å². The zero-order valence-electron chi connectivity index (χ0n) is 11.4. The Morgan fingerprint density at radius 3 is 2.65 bits per heavy atom. The van der Waals surface area contributed by atoms with Gasteiger partial charge in [0.15, 0.2) is 5.13 Å². The molecule has 0 unspecified atom stereocenters. The molecule has 1 heterocycles. The smallest absolute Gasteiger partial charge is 0.240 e. The molecule has 3 N–H and O–H groups in total. The van der Waals surface area contributed by atoms with E-state index in [0.717, 1.165) is 16.8 Å². The number of aryl methyl sites for hydroxylation is 2. The number of hydrogen-bond donors (Lipinski definition) is 2. The Morgan fingerprint density at radius 2 is 2.05 bits per heavy atom. The summed E-state index contributed by atoms with van der Waals surface area (Å²) in [5, 5.41) is 2.33. The number of hydrogen-bond acceptors (Lipinski definition) is 5. The van der Waals surface area contributed by atoms with Crippen LogP contribution in [0, 0.1) is 13.8 Å². The van der Waals surface area contributed by atoms with E-state index in [-0.39, 0.29) is 0 Å². The molecule has 5 nitrogen and oxygen atoms in total. The van der Waals surface area contributed by atoms with E-state index in [1.165, 1.54) is 11.3 Å². The normalized spacial score (nSPS) is 11.7. The van der Waals surface area contributed by atoms with Crippen molar-refractivity contribution in [2.75, 3.05) is 12.3 Å². The number of sulfonamides is 1. The van der Waals surface area contributed by atoms with E-state index < -0.39 is 10.0 Å². The summed E-state index contributed by atoms with van der Waals surface area (Å²) in [5.74, 6) is 0. The van der Waals surface area contributed by atoms with E-state index >= 15 is 0 Å². The minimum atomic E-state index is -3.47. The monoisotopic (exact) mass is 311 g/mol. The molecule has 0 saturated carbocycles.